The molecule has 0 fully saturated rings. The van der Waals surface area contributed by atoms with Gasteiger partial charge in [0.2, 0.25) is 5.82 Å². The second-order valence-corrected chi connectivity index (χ2v) is 6.84. The summed E-state index contributed by atoms with van der Waals surface area (Å²) < 4.78 is 38.5. The van der Waals surface area contributed by atoms with Gasteiger partial charge in [-0.25, -0.2) is 4.98 Å². The Morgan fingerprint density at radius 3 is 2.54 bits per heavy atom. The largest absolute Gasteiger partial charge is 0.449 e. The van der Waals surface area contributed by atoms with Gasteiger partial charge in [0.05, 0.1) is 17.1 Å². The third-order valence-electron chi connectivity index (χ3n) is 4.38. The number of hydrogen-bond acceptors (Lipinski definition) is 3. The molecule has 2 N–H and O–H groups in total. The van der Waals surface area contributed by atoms with Crippen molar-refractivity contribution in [2.45, 2.75) is 18.6 Å². The first kappa shape index (κ1) is 19.9. The van der Waals surface area contributed by atoms with E-state index in [1.165, 1.54) is 18.2 Å². The number of carbonyl (C=O) groups excluding carboxylic acids is 1. The molecule has 0 bridgehead atoms. The molecule has 0 aliphatic carbocycles. The third-order valence-corrected chi connectivity index (χ3v) is 4.38. The van der Waals surface area contributed by atoms with Gasteiger partial charge < -0.3 is 15.2 Å². The van der Waals surface area contributed by atoms with E-state index in [0.717, 1.165) is 12.1 Å². The summed E-state index contributed by atoms with van der Waals surface area (Å²) in [6, 6.07) is 13.7. The standard InChI is InChI=1S/C20H21F3N4O/c1-27(2)11-10-15(13-6-4-3-5-7-13)24-18(28)14-8-9-16-17(12-14)26-19(25-16)20(21,22)23/h3-9,12,15H,10-11H2,1-2H3,(H,24,28)(H,25,26)/t15-/m1/s1. The van der Waals surface area contributed by atoms with Crippen LogP contribution in [-0.4, -0.2) is 41.4 Å². The number of imidazole rings is 1. The van der Waals surface area contributed by atoms with Gasteiger partial charge in [0.25, 0.3) is 5.91 Å². The molecule has 0 spiro atoms. The van der Waals surface area contributed by atoms with Crippen LogP contribution in [0.15, 0.2) is 48.5 Å². The topological polar surface area (TPSA) is 61.0 Å². The van der Waals surface area contributed by atoms with Crippen molar-refractivity contribution in [3.63, 3.8) is 0 Å². The van der Waals surface area contributed by atoms with Gasteiger partial charge >= 0.3 is 6.18 Å². The minimum Gasteiger partial charge on any atom is -0.345 e. The van der Waals surface area contributed by atoms with Crippen molar-refractivity contribution in [3.8, 4) is 0 Å². The van der Waals surface area contributed by atoms with Crippen LogP contribution in [0.4, 0.5) is 13.2 Å². The van der Waals surface area contributed by atoms with Crippen LogP contribution in [0.5, 0.6) is 0 Å². The number of carbonyl (C=O) groups is 1. The third kappa shape index (κ3) is 4.69. The van der Waals surface area contributed by atoms with Crippen molar-refractivity contribution < 1.29 is 18.0 Å². The normalized spacial score (nSPS) is 13.1. The second-order valence-electron chi connectivity index (χ2n) is 6.84. The summed E-state index contributed by atoms with van der Waals surface area (Å²) in [6.45, 7) is 0.772. The van der Waals surface area contributed by atoms with E-state index < -0.39 is 12.0 Å². The number of amides is 1. The van der Waals surface area contributed by atoms with Crippen molar-refractivity contribution >= 4 is 16.9 Å². The lowest BCUT2D eigenvalue weighted by Crippen LogP contribution is -2.31. The predicted molar refractivity (Wildman–Crippen MR) is 101 cm³/mol. The molecule has 0 aliphatic rings. The van der Waals surface area contributed by atoms with Gasteiger partial charge in [0, 0.05) is 5.56 Å². The van der Waals surface area contributed by atoms with Crippen molar-refractivity contribution in [2.24, 2.45) is 0 Å². The molecular formula is C20H21F3N4O. The molecule has 28 heavy (non-hydrogen) atoms. The maximum absolute atomic E-state index is 12.8. The summed E-state index contributed by atoms with van der Waals surface area (Å²) in [6.07, 6.45) is -3.86. The molecule has 3 aromatic rings. The van der Waals surface area contributed by atoms with E-state index in [2.05, 4.69) is 15.3 Å². The summed E-state index contributed by atoms with van der Waals surface area (Å²) in [5.41, 5.74) is 1.58. The summed E-state index contributed by atoms with van der Waals surface area (Å²) >= 11 is 0. The zero-order valence-corrected chi connectivity index (χ0v) is 15.5. The van der Waals surface area contributed by atoms with Crippen LogP contribution in [0.3, 0.4) is 0 Å². The molecule has 5 nitrogen and oxygen atoms in total. The molecule has 0 unspecified atom stereocenters. The van der Waals surface area contributed by atoms with Crippen molar-refractivity contribution in [1.29, 1.82) is 0 Å². The van der Waals surface area contributed by atoms with E-state index in [0.29, 0.717) is 6.42 Å². The summed E-state index contributed by atoms with van der Waals surface area (Å²) in [5.74, 6) is -1.43. The second kappa shape index (κ2) is 8.02. The number of alkyl halides is 3. The molecule has 1 heterocycles. The number of aromatic amines is 1. The molecule has 1 amide bonds. The summed E-state index contributed by atoms with van der Waals surface area (Å²) in [4.78, 5) is 20.5. The first-order chi connectivity index (χ1) is 13.2. The Kier molecular flexibility index (Phi) is 5.69. The van der Waals surface area contributed by atoms with Gasteiger partial charge in [0.1, 0.15) is 0 Å². The maximum Gasteiger partial charge on any atom is 0.449 e. The lowest BCUT2D eigenvalue weighted by Gasteiger charge is -2.21. The van der Waals surface area contributed by atoms with E-state index in [9.17, 15) is 18.0 Å². The lowest BCUT2D eigenvalue weighted by atomic mass is 10.0. The number of nitrogens with one attached hydrogen (secondary N) is 2. The van der Waals surface area contributed by atoms with Crippen LogP contribution in [0.2, 0.25) is 0 Å². The molecule has 2 aromatic carbocycles. The van der Waals surface area contributed by atoms with Crippen LogP contribution in [0.25, 0.3) is 11.0 Å². The van der Waals surface area contributed by atoms with Crippen molar-refractivity contribution in [3.05, 3.63) is 65.5 Å². The number of hydrogen-bond donors (Lipinski definition) is 2. The van der Waals surface area contributed by atoms with E-state index >= 15 is 0 Å². The number of nitrogens with zero attached hydrogens (tertiary/aromatic N) is 2. The number of fused-ring (bicyclic) bond motifs is 1. The van der Waals surface area contributed by atoms with Gasteiger partial charge in [-0.1, -0.05) is 30.3 Å². The Bertz CT molecular complexity index is 951. The number of rotatable bonds is 6. The first-order valence-electron chi connectivity index (χ1n) is 8.81. The highest BCUT2D eigenvalue weighted by Crippen LogP contribution is 2.28. The highest BCUT2D eigenvalue weighted by molar-refractivity contribution is 5.97. The smallest absolute Gasteiger partial charge is 0.345 e. The molecule has 1 aromatic heterocycles. The van der Waals surface area contributed by atoms with Crippen molar-refractivity contribution in [1.82, 2.24) is 20.2 Å². The van der Waals surface area contributed by atoms with E-state index in [4.69, 9.17) is 0 Å². The minimum atomic E-state index is -4.56. The van der Waals surface area contributed by atoms with E-state index in [-0.39, 0.29) is 28.5 Å². The van der Waals surface area contributed by atoms with Gasteiger partial charge in [-0.3, -0.25) is 4.79 Å². The molecule has 0 saturated carbocycles. The molecule has 0 saturated heterocycles. The molecule has 3 rings (SSSR count). The fraction of sp³-hybridized carbons (Fsp3) is 0.300. The number of H-pyrrole nitrogens is 1. The van der Waals surface area contributed by atoms with Gasteiger partial charge in [-0.15, -0.1) is 0 Å². The highest BCUT2D eigenvalue weighted by Gasteiger charge is 2.34. The lowest BCUT2D eigenvalue weighted by molar-refractivity contribution is -0.144. The molecule has 1 atom stereocenters. The van der Waals surface area contributed by atoms with Gasteiger partial charge in [-0.05, 0) is 50.8 Å². The van der Waals surface area contributed by atoms with Crippen LogP contribution in [0.1, 0.15) is 34.2 Å². The van der Waals surface area contributed by atoms with E-state index in [1.807, 2.05) is 49.3 Å². The monoisotopic (exact) mass is 390 g/mol. The molecule has 0 aliphatic heterocycles. The molecule has 8 heteroatoms. The summed E-state index contributed by atoms with van der Waals surface area (Å²) in [5, 5.41) is 2.98. The average Bonchev–Trinajstić information content (AvgIpc) is 3.09. The Balaban J connectivity index is 1.82. The summed E-state index contributed by atoms with van der Waals surface area (Å²) in [7, 11) is 3.91. The fourth-order valence-electron chi connectivity index (χ4n) is 2.92. The van der Waals surface area contributed by atoms with Gasteiger partial charge in [0.15, 0.2) is 0 Å². The fourth-order valence-corrected chi connectivity index (χ4v) is 2.92. The quantitative estimate of drug-likeness (QED) is 0.669. The molecule has 148 valence electrons. The average molecular weight is 390 g/mol. The Hall–Kier alpha value is -2.87. The Morgan fingerprint density at radius 2 is 1.89 bits per heavy atom. The van der Waals surface area contributed by atoms with Gasteiger partial charge in [-0.2, -0.15) is 13.2 Å². The predicted octanol–water partition coefficient (Wildman–Crippen LogP) is 4.00. The minimum absolute atomic E-state index is 0.163. The zero-order chi connectivity index (χ0) is 20.3. The highest BCUT2D eigenvalue weighted by atomic mass is 19.4. The van der Waals surface area contributed by atoms with E-state index in [1.54, 1.807) is 0 Å². The number of benzene rings is 2. The zero-order valence-electron chi connectivity index (χ0n) is 15.5. The first-order valence-corrected chi connectivity index (χ1v) is 8.81. The van der Waals surface area contributed by atoms with Crippen LogP contribution in [0, 0.1) is 0 Å². The van der Waals surface area contributed by atoms with Crippen LogP contribution < -0.4 is 5.32 Å². The Labute approximate surface area is 160 Å². The number of aromatic nitrogens is 2. The Morgan fingerprint density at radius 1 is 1.18 bits per heavy atom. The SMILES string of the molecule is CN(C)CC[C@@H](NC(=O)c1ccc2nc(C(F)(F)F)[nH]c2c1)c1ccccc1. The van der Waals surface area contributed by atoms with Crippen molar-refractivity contribution in [2.75, 3.05) is 20.6 Å². The molecule has 0 radical (unpaired) electrons. The maximum atomic E-state index is 12.8. The number of halogens is 3. The van der Waals surface area contributed by atoms with Crippen LogP contribution >= 0.6 is 0 Å². The van der Waals surface area contributed by atoms with Crippen LogP contribution in [-0.2, 0) is 6.18 Å². The molecular weight excluding hydrogens is 369 g/mol.